The van der Waals surface area contributed by atoms with Crippen LogP contribution in [0.2, 0.25) is 0 Å². The molecule has 1 amide bonds. The first-order valence-electron chi connectivity index (χ1n) is 12.1. The predicted molar refractivity (Wildman–Crippen MR) is 142 cm³/mol. The number of aryl methyl sites for hydroxylation is 2. The van der Waals surface area contributed by atoms with Crippen LogP contribution in [0.5, 0.6) is 0 Å². The fourth-order valence-electron chi connectivity index (χ4n) is 4.11. The summed E-state index contributed by atoms with van der Waals surface area (Å²) in [6.45, 7) is 13.0. The average molecular weight is 492 g/mol. The number of carbonyl (C=O) groups excluding carboxylic acids is 1. The van der Waals surface area contributed by atoms with E-state index in [0.717, 1.165) is 17.8 Å². The van der Waals surface area contributed by atoms with Crippen LogP contribution in [0.1, 0.15) is 62.7 Å². The van der Waals surface area contributed by atoms with Gasteiger partial charge in [0.05, 0.1) is 23.4 Å². The van der Waals surface area contributed by atoms with E-state index < -0.39 is 0 Å². The van der Waals surface area contributed by atoms with Crippen LogP contribution in [0, 0.1) is 19.8 Å². The second kappa shape index (κ2) is 10.2. The molecule has 1 N–H and O–H groups in total. The number of nitrogens with zero attached hydrogens (tertiary/aromatic N) is 4. The van der Waals surface area contributed by atoms with Crippen LogP contribution >= 0.6 is 11.3 Å². The fraction of sp³-hybridized carbons (Fsp3) is 0.407. The number of fused-ring (bicyclic) bond motifs is 1. The highest BCUT2D eigenvalue weighted by atomic mass is 32.1. The Morgan fingerprint density at radius 3 is 2.49 bits per heavy atom. The molecule has 0 aliphatic rings. The van der Waals surface area contributed by atoms with Gasteiger partial charge in [-0.3, -0.25) is 14.0 Å². The maximum absolute atomic E-state index is 13.6. The Morgan fingerprint density at radius 2 is 1.83 bits per heavy atom. The van der Waals surface area contributed by atoms with Crippen LogP contribution in [0.3, 0.4) is 0 Å². The van der Waals surface area contributed by atoms with E-state index in [1.165, 1.54) is 16.9 Å². The molecule has 4 aromatic rings. The van der Waals surface area contributed by atoms with Crippen LogP contribution in [0.15, 0.2) is 40.5 Å². The van der Waals surface area contributed by atoms with Crippen molar-refractivity contribution in [2.45, 2.75) is 60.3 Å². The van der Waals surface area contributed by atoms with Crippen molar-refractivity contribution in [1.82, 2.24) is 24.5 Å². The van der Waals surface area contributed by atoms with E-state index in [1.54, 1.807) is 4.40 Å². The van der Waals surface area contributed by atoms with Gasteiger partial charge < -0.3 is 5.32 Å². The summed E-state index contributed by atoms with van der Waals surface area (Å²) in [7, 11) is 0. The molecule has 35 heavy (non-hydrogen) atoms. The number of thiazole rings is 1. The Labute approximate surface area is 209 Å². The molecule has 0 aliphatic carbocycles. The summed E-state index contributed by atoms with van der Waals surface area (Å²) in [6, 6.07) is 10.2. The maximum atomic E-state index is 13.6. The minimum absolute atomic E-state index is 0.0932. The van der Waals surface area contributed by atoms with Gasteiger partial charge in [0.15, 0.2) is 4.96 Å². The van der Waals surface area contributed by atoms with E-state index in [4.69, 9.17) is 5.10 Å². The van der Waals surface area contributed by atoms with Crippen molar-refractivity contribution in [1.29, 1.82) is 0 Å². The first-order valence-corrected chi connectivity index (χ1v) is 13.0. The molecular weight excluding hydrogens is 458 g/mol. The van der Waals surface area contributed by atoms with Crippen LogP contribution in [-0.2, 0) is 11.2 Å². The SMILES string of the molecule is Cc1nc2scc(CC(=O)NCCC(C)C)n2c(=O)c1-c1cc(C)n(-c2ccc(C(C)C)cc2)n1. The molecule has 1 aromatic carbocycles. The summed E-state index contributed by atoms with van der Waals surface area (Å²) >= 11 is 1.37. The zero-order valence-electron chi connectivity index (χ0n) is 21.3. The fourth-order valence-corrected chi connectivity index (χ4v) is 5.04. The summed E-state index contributed by atoms with van der Waals surface area (Å²) in [4.78, 5) is 31.4. The van der Waals surface area contributed by atoms with Crippen molar-refractivity contribution in [3.63, 3.8) is 0 Å². The van der Waals surface area contributed by atoms with Crippen molar-refractivity contribution in [3.05, 3.63) is 68.7 Å². The van der Waals surface area contributed by atoms with Crippen LogP contribution in [0.4, 0.5) is 0 Å². The number of nitrogens with one attached hydrogen (secondary N) is 1. The summed E-state index contributed by atoms with van der Waals surface area (Å²) in [5, 5.41) is 9.56. The summed E-state index contributed by atoms with van der Waals surface area (Å²) in [6.07, 6.45) is 1.06. The van der Waals surface area contributed by atoms with Crippen LogP contribution in [-0.4, -0.2) is 31.6 Å². The van der Waals surface area contributed by atoms with Gasteiger partial charge in [-0.05, 0) is 55.9 Å². The van der Waals surface area contributed by atoms with Gasteiger partial charge in [-0.1, -0.05) is 39.8 Å². The molecule has 0 atom stereocenters. The van der Waals surface area contributed by atoms with E-state index in [1.807, 2.05) is 30.0 Å². The van der Waals surface area contributed by atoms with Crippen molar-refractivity contribution in [2.75, 3.05) is 6.54 Å². The number of hydrogen-bond acceptors (Lipinski definition) is 5. The Bertz CT molecular complexity index is 1410. The monoisotopic (exact) mass is 491 g/mol. The number of rotatable bonds is 8. The molecule has 3 aromatic heterocycles. The number of benzene rings is 1. The molecule has 184 valence electrons. The largest absolute Gasteiger partial charge is 0.356 e. The minimum Gasteiger partial charge on any atom is -0.356 e. The van der Waals surface area contributed by atoms with E-state index >= 15 is 0 Å². The standard InChI is InChI=1S/C27H33N5O2S/c1-16(2)11-12-28-24(33)14-22-15-35-27-29-19(6)25(26(34)31(22)27)23-13-18(5)32(30-23)21-9-7-20(8-10-21)17(3)4/h7-10,13,15-17H,11-12,14H2,1-6H3,(H,28,33). The Hall–Kier alpha value is -3.26. The smallest absolute Gasteiger partial charge is 0.268 e. The first-order chi connectivity index (χ1) is 16.7. The van der Waals surface area contributed by atoms with Crippen molar-refractivity contribution >= 4 is 22.2 Å². The summed E-state index contributed by atoms with van der Waals surface area (Å²) in [5.74, 6) is 0.881. The highest BCUT2D eigenvalue weighted by Crippen LogP contribution is 2.24. The molecule has 4 rings (SSSR count). The van der Waals surface area contributed by atoms with Gasteiger partial charge >= 0.3 is 0 Å². The number of hydrogen-bond donors (Lipinski definition) is 1. The van der Waals surface area contributed by atoms with E-state index in [-0.39, 0.29) is 17.9 Å². The van der Waals surface area contributed by atoms with Gasteiger partial charge in [0.1, 0.15) is 5.69 Å². The molecule has 0 saturated heterocycles. The molecule has 8 heteroatoms. The second-order valence-corrected chi connectivity index (χ2v) is 10.6. The highest BCUT2D eigenvalue weighted by molar-refractivity contribution is 7.15. The third kappa shape index (κ3) is 5.22. The Balaban J connectivity index is 1.68. The van der Waals surface area contributed by atoms with Gasteiger partial charge in [-0.15, -0.1) is 11.3 Å². The Morgan fingerprint density at radius 1 is 1.11 bits per heavy atom. The van der Waals surface area contributed by atoms with Crippen molar-refractivity contribution < 1.29 is 4.79 Å². The first kappa shape index (κ1) is 24.9. The second-order valence-electron chi connectivity index (χ2n) is 9.76. The lowest BCUT2D eigenvalue weighted by Gasteiger charge is -2.09. The molecule has 7 nitrogen and oxygen atoms in total. The lowest BCUT2D eigenvalue weighted by atomic mass is 10.0. The van der Waals surface area contributed by atoms with Gasteiger partial charge in [-0.2, -0.15) is 5.10 Å². The zero-order chi connectivity index (χ0) is 25.3. The van der Waals surface area contributed by atoms with Crippen molar-refractivity contribution in [3.8, 4) is 16.9 Å². The molecule has 0 unspecified atom stereocenters. The van der Waals surface area contributed by atoms with E-state index in [2.05, 4.69) is 62.3 Å². The maximum Gasteiger partial charge on any atom is 0.268 e. The molecule has 0 fully saturated rings. The molecular formula is C27H33N5O2S. The third-order valence-electron chi connectivity index (χ3n) is 6.15. The van der Waals surface area contributed by atoms with Crippen LogP contribution < -0.4 is 10.9 Å². The van der Waals surface area contributed by atoms with Gasteiger partial charge in [0, 0.05) is 23.3 Å². The molecule has 0 radical (unpaired) electrons. The van der Waals surface area contributed by atoms with Gasteiger partial charge in [-0.25, -0.2) is 9.67 Å². The molecule has 0 saturated carbocycles. The average Bonchev–Trinajstić information content (AvgIpc) is 3.36. The zero-order valence-corrected chi connectivity index (χ0v) is 22.1. The summed E-state index contributed by atoms with van der Waals surface area (Å²) < 4.78 is 3.41. The van der Waals surface area contributed by atoms with E-state index in [9.17, 15) is 9.59 Å². The van der Waals surface area contributed by atoms with Crippen LogP contribution in [0.25, 0.3) is 21.9 Å². The molecule has 0 aliphatic heterocycles. The molecule has 0 bridgehead atoms. The third-order valence-corrected chi connectivity index (χ3v) is 7.03. The predicted octanol–water partition coefficient (Wildman–Crippen LogP) is 5.05. The quantitative estimate of drug-likeness (QED) is 0.374. The summed E-state index contributed by atoms with van der Waals surface area (Å²) in [5.41, 5.74) is 5.26. The number of amides is 1. The van der Waals surface area contributed by atoms with E-state index in [0.29, 0.717) is 46.0 Å². The lowest BCUT2D eigenvalue weighted by Crippen LogP contribution is -2.28. The van der Waals surface area contributed by atoms with Crippen molar-refractivity contribution in [2.24, 2.45) is 5.92 Å². The molecule has 0 spiro atoms. The number of carbonyl (C=O) groups is 1. The lowest BCUT2D eigenvalue weighted by molar-refractivity contribution is -0.120. The number of aromatic nitrogens is 4. The topological polar surface area (TPSA) is 81.3 Å². The normalized spacial score (nSPS) is 11.7. The molecule has 3 heterocycles. The highest BCUT2D eigenvalue weighted by Gasteiger charge is 2.20. The minimum atomic E-state index is -0.196. The van der Waals surface area contributed by atoms with Gasteiger partial charge in [0.2, 0.25) is 5.91 Å². The van der Waals surface area contributed by atoms with Gasteiger partial charge in [0.25, 0.3) is 5.56 Å². The Kier molecular flexibility index (Phi) is 7.21.